The molecule has 0 aromatic heterocycles. The number of benzene rings is 1. The van der Waals surface area contributed by atoms with Crippen LogP contribution in [0.25, 0.3) is 0 Å². The molecule has 0 amide bonds. The zero-order valence-corrected chi connectivity index (χ0v) is 9.06. The van der Waals surface area contributed by atoms with Gasteiger partial charge in [-0.1, -0.05) is 6.92 Å². The van der Waals surface area contributed by atoms with Crippen molar-refractivity contribution in [1.82, 2.24) is 0 Å². The van der Waals surface area contributed by atoms with E-state index in [0.29, 0.717) is 11.3 Å². The van der Waals surface area contributed by atoms with Crippen LogP contribution in [0, 0.1) is 6.92 Å². The van der Waals surface area contributed by atoms with Crippen LogP contribution in [0.4, 0.5) is 0 Å². The molecule has 0 radical (unpaired) electrons. The molecular weight excluding hydrogens is 208 g/mol. The maximum atomic E-state index is 10.9. The third-order valence-electron chi connectivity index (χ3n) is 2.97. The number of fused-ring (bicyclic) bond motifs is 1. The summed E-state index contributed by atoms with van der Waals surface area (Å²) in [7, 11) is 0. The predicted octanol–water partition coefficient (Wildman–Crippen LogP) is 1.76. The van der Waals surface area contributed by atoms with Crippen molar-refractivity contribution in [3.63, 3.8) is 0 Å². The van der Waals surface area contributed by atoms with Crippen molar-refractivity contribution in [2.45, 2.75) is 25.9 Å². The van der Waals surface area contributed by atoms with E-state index in [4.69, 9.17) is 9.84 Å². The van der Waals surface area contributed by atoms with E-state index in [2.05, 4.69) is 0 Å². The lowest BCUT2D eigenvalue weighted by Crippen LogP contribution is -2.27. The molecular formula is C12H12O4. The van der Waals surface area contributed by atoms with E-state index in [0.717, 1.165) is 17.4 Å². The number of carbonyl (C=O) groups excluding carboxylic acids is 1. The fourth-order valence-corrected chi connectivity index (χ4v) is 1.97. The summed E-state index contributed by atoms with van der Waals surface area (Å²) in [5.41, 5.74) is 2.17. The van der Waals surface area contributed by atoms with E-state index in [9.17, 15) is 9.59 Å². The minimum absolute atomic E-state index is 0.230. The van der Waals surface area contributed by atoms with Crippen molar-refractivity contribution in [2.24, 2.45) is 0 Å². The molecule has 1 N–H and O–H groups in total. The van der Waals surface area contributed by atoms with Crippen LogP contribution in [0.5, 0.6) is 5.75 Å². The predicted molar refractivity (Wildman–Crippen MR) is 57.0 cm³/mol. The molecule has 4 heteroatoms. The van der Waals surface area contributed by atoms with Crippen molar-refractivity contribution in [1.29, 1.82) is 0 Å². The van der Waals surface area contributed by atoms with E-state index in [1.165, 1.54) is 0 Å². The van der Waals surface area contributed by atoms with Crippen molar-refractivity contribution in [3.05, 3.63) is 28.8 Å². The highest BCUT2D eigenvalue weighted by molar-refractivity contribution is 5.80. The number of ether oxygens (including phenoxy) is 1. The number of hydrogen-bond donors (Lipinski definition) is 1. The Labute approximate surface area is 92.8 Å². The summed E-state index contributed by atoms with van der Waals surface area (Å²) in [6, 6.07) is 3.43. The average molecular weight is 220 g/mol. The van der Waals surface area contributed by atoms with Gasteiger partial charge in [0.1, 0.15) is 12.0 Å². The van der Waals surface area contributed by atoms with E-state index in [-0.39, 0.29) is 5.92 Å². The highest BCUT2D eigenvalue weighted by Crippen LogP contribution is 2.39. The molecule has 1 aliphatic heterocycles. The molecule has 1 aromatic carbocycles. The number of aldehydes is 1. The summed E-state index contributed by atoms with van der Waals surface area (Å²) >= 11 is 0. The first-order chi connectivity index (χ1) is 7.54. The number of rotatable bonds is 2. The third-order valence-corrected chi connectivity index (χ3v) is 2.97. The molecule has 0 saturated heterocycles. The third kappa shape index (κ3) is 1.46. The standard InChI is InChI=1S/C12H12O4/c1-6-3-10-9(4-8(6)5-13)7(2)11(16-10)12(14)15/h3-5,7,11H,1-2H3,(H,14,15). The van der Waals surface area contributed by atoms with Crippen LogP contribution in [-0.2, 0) is 4.79 Å². The Bertz CT molecular complexity index is 464. The molecule has 4 nitrogen and oxygen atoms in total. The average Bonchev–Trinajstić information content (AvgIpc) is 2.54. The fourth-order valence-electron chi connectivity index (χ4n) is 1.97. The van der Waals surface area contributed by atoms with Crippen molar-refractivity contribution in [3.8, 4) is 5.75 Å². The number of aryl methyl sites for hydroxylation is 1. The van der Waals surface area contributed by atoms with Crippen molar-refractivity contribution < 1.29 is 19.4 Å². The van der Waals surface area contributed by atoms with Crippen molar-refractivity contribution in [2.75, 3.05) is 0 Å². The molecule has 2 unspecified atom stereocenters. The van der Waals surface area contributed by atoms with Gasteiger partial charge in [0.2, 0.25) is 6.10 Å². The summed E-state index contributed by atoms with van der Waals surface area (Å²) in [6.45, 7) is 3.58. The smallest absolute Gasteiger partial charge is 0.345 e. The van der Waals surface area contributed by atoms with Gasteiger partial charge in [0.15, 0.2) is 0 Å². The minimum Gasteiger partial charge on any atom is -0.478 e. The molecule has 1 heterocycles. The Kier molecular flexibility index (Phi) is 2.42. The number of carboxylic acid groups (broad SMARTS) is 1. The topological polar surface area (TPSA) is 63.6 Å². The van der Waals surface area contributed by atoms with Gasteiger partial charge in [-0.25, -0.2) is 4.79 Å². The van der Waals surface area contributed by atoms with Gasteiger partial charge in [-0.05, 0) is 24.6 Å². The van der Waals surface area contributed by atoms with Crippen LogP contribution < -0.4 is 4.74 Å². The van der Waals surface area contributed by atoms with E-state index >= 15 is 0 Å². The molecule has 0 bridgehead atoms. The van der Waals surface area contributed by atoms with Crippen LogP contribution in [-0.4, -0.2) is 23.5 Å². The lowest BCUT2D eigenvalue weighted by Gasteiger charge is -2.08. The Hall–Kier alpha value is -1.84. The molecule has 0 fully saturated rings. The minimum atomic E-state index is -0.978. The van der Waals surface area contributed by atoms with Crippen LogP contribution in [0.1, 0.15) is 34.3 Å². The van der Waals surface area contributed by atoms with Crippen LogP contribution in [0.2, 0.25) is 0 Å². The molecule has 0 aliphatic carbocycles. The van der Waals surface area contributed by atoms with Gasteiger partial charge in [0.05, 0.1) is 0 Å². The summed E-state index contributed by atoms with van der Waals surface area (Å²) < 4.78 is 5.35. The summed E-state index contributed by atoms with van der Waals surface area (Å²) in [5, 5.41) is 8.96. The Morgan fingerprint density at radius 3 is 2.75 bits per heavy atom. The van der Waals surface area contributed by atoms with E-state index < -0.39 is 12.1 Å². The van der Waals surface area contributed by atoms with E-state index in [1.54, 1.807) is 26.0 Å². The molecule has 1 aromatic rings. The normalized spacial score (nSPS) is 22.4. The maximum Gasteiger partial charge on any atom is 0.345 e. The number of aliphatic carboxylic acids is 1. The molecule has 2 atom stereocenters. The van der Waals surface area contributed by atoms with Gasteiger partial charge in [-0.3, -0.25) is 4.79 Å². The maximum absolute atomic E-state index is 10.9. The highest BCUT2D eigenvalue weighted by atomic mass is 16.5. The zero-order valence-electron chi connectivity index (χ0n) is 9.06. The van der Waals surface area contributed by atoms with E-state index in [1.807, 2.05) is 0 Å². The monoisotopic (exact) mass is 220 g/mol. The van der Waals surface area contributed by atoms with Gasteiger partial charge >= 0.3 is 5.97 Å². The van der Waals surface area contributed by atoms with Gasteiger partial charge in [-0.15, -0.1) is 0 Å². The van der Waals surface area contributed by atoms with Crippen LogP contribution in [0.3, 0.4) is 0 Å². The Morgan fingerprint density at radius 1 is 1.50 bits per heavy atom. The molecule has 2 rings (SSSR count). The lowest BCUT2D eigenvalue weighted by atomic mass is 9.94. The molecule has 0 saturated carbocycles. The van der Waals surface area contributed by atoms with Crippen LogP contribution >= 0.6 is 0 Å². The Balaban J connectivity index is 2.48. The number of hydrogen-bond acceptors (Lipinski definition) is 3. The summed E-state index contributed by atoms with van der Waals surface area (Å²) in [6.07, 6.45) is -0.0764. The Morgan fingerprint density at radius 2 is 2.19 bits per heavy atom. The van der Waals surface area contributed by atoms with Crippen LogP contribution in [0.15, 0.2) is 12.1 Å². The largest absolute Gasteiger partial charge is 0.478 e. The van der Waals surface area contributed by atoms with Gasteiger partial charge < -0.3 is 9.84 Å². The molecule has 0 spiro atoms. The second-order valence-corrected chi connectivity index (χ2v) is 4.03. The number of carboxylic acids is 1. The second kappa shape index (κ2) is 3.63. The first kappa shape index (κ1) is 10.7. The van der Waals surface area contributed by atoms with Crippen molar-refractivity contribution >= 4 is 12.3 Å². The first-order valence-corrected chi connectivity index (χ1v) is 5.03. The second-order valence-electron chi connectivity index (χ2n) is 4.03. The molecule has 84 valence electrons. The lowest BCUT2D eigenvalue weighted by molar-refractivity contribution is -0.144. The van der Waals surface area contributed by atoms with Gasteiger partial charge in [0.25, 0.3) is 0 Å². The quantitative estimate of drug-likeness (QED) is 0.771. The van der Waals surface area contributed by atoms with Gasteiger partial charge in [-0.2, -0.15) is 0 Å². The first-order valence-electron chi connectivity index (χ1n) is 5.03. The zero-order chi connectivity index (χ0) is 11.9. The highest BCUT2D eigenvalue weighted by Gasteiger charge is 2.36. The molecule has 1 aliphatic rings. The SMILES string of the molecule is Cc1cc2c(cc1C=O)C(C)C(C(=O)O)O2. The van der Waals surface area contributed by atoms with Gasteiger partial charge in [0, 0.05) is 17.0 Å². The number of carbonyl (C=O) groups is 2. The summed E-state index contributed by atoms with van der Waals surface area (Å²) in [5.74, 6) is -0.635. The molecule has 16 heavy (non-hydrogen) atoms. The fraction of sp³-hybridized carbons (Fsp3) is 0.333. The summed E-state index contributed by atoms with van der Waals surface area (Å²) in [4.78, 5) is 21.7.